The van der Waals surface area contributed by atoms with E-state index in [1.165, 1.54) is 0 Å². The highest BCUT2D eigenvalue weighted by Gasteiger charge is 2.39. The molecule has 0 radical (unpaired) electrons. The van der Waals surface area contributed by atoms with E-state index < -0.39 is 5.97 Å². The second kappa shape index (κ2) is 7.62. The highest BCUT2D eigenvalue weighted by Crippen LogP contribution is 2.28. The number of carbonyl (C=O) groups excluding carboxylic acids is 1. The van der Waals surface area contributed by atoms with E-state index in [1.54, 1.807) is 12.0 Å². The molecule has 1 fully saturated rings. The topological polar surface area (TPSA) is 66.8 Å². The number of hydrogen-bond donors (Lipinski definition) is 1. The number of amides is 1. The van der Waals surface area contributed by atoms with Gasteiger partial charge in [-0.2, -0.15) is 0 Å². The van der Waals surface area contributed by atoms with Crippen LogP contribution in [0.15, 0.2) is 0 Å². The molecule has 1 heterocycles. The number of hydrogen-bond acceptors (Lipinski definition) is 3. The summed E-state index contributed by atoms with van der Waals surface area (Å²) in [6, 6.07) is -0.234. The summed E-state index contributed by atoms with van der Waals surface area (Å²) in [5.41, 5.74) is 0. The number of methoxy groups -OCH3 is 1. The van der Waals surface area contributed by atoms with Gasteiger partial charge in [0.25, 0.3) is 0 Å². The van der Waals surface area contributed by atoms with Crippen molar-refractivity contribution in [3.8, 4) is 0 Å². The van der Waals surface area contributed by atoms with Crippen molar-refractivity contribution in [2.45, 2.75) is 58.6 Å². The molecule has 3 atom stereocenters. The Labute approximate surface area is 121 Å². The first kappa shape index (κ1) is 17.0. The van der Waals surface area contributed by atoms with Crippen molar-refractivity contribution in [3.63, 3.8) is 0 Å². The third-order valence-corrected chi connectivity index (χ3v) is 4.55. The molecule has 5 nitrogen and oxygen atoms in total. The molecule has 1 N–H and O–H groups in total. The van der Waals surface area contributed by atoms with Gasteiger partial charge in [-0.25, -0.2) is 0 Å². The minimum atomic E-state index is -0.861. The Bertz CT molecular complexity index is 341. The van der Waals surface area contributed by atoms with Gasteiger partial charge < -0.3 is 14.7 Å². The molecule has 0 aromatic rings. The van der Waals surface area contributed by atoms with Crippen LogP contribution in [0.1, 0.15) is 46.5 Å². The van der Waals surface area contributed by atoms with Gasteiger partial charge in [0.05, 0.1) is 12.5 Å². The van der Waals surface area contributed by atoms with Crippen molar-refractivity contribution in [1.82, 2.24) is 4.90 Å². The van der Waals surface area contributed by atoms with E-state index >= 15 is 0 Å². The molecule has 0 saturated carbocycles. The molecule has 116 valence electrons. The van der Waals surface area contributed by atoms with E-state index in [-0.39, 0.29) is 30.4 Å². The summed E-state index contributed by atoms with van der Waals surface area (Å²) in [7, 11) is 1.61. The molecule has 1 rings (SSSR count). The summed E-state index contributed by atoms with van der Waals surface area (Å²) in [5, 5.41) is 8.99. The Morgan fingerprint density at radius 2 is 1.95 bits per heavy atom. The van der Waals surface area contributed by atoms with E-state index in [0.29, 0.717) is 18.9 Å². The number of rotatable bonds is 7. The minimum absolute atomic E-state index is 0.00123. The number of nitrogens with zero attached hydrogens (tertiary/aromatic N) is 1. The summed E-state index contributed by atoms with van der Waals surface area (Å²) in [6.45, 7) is 6.65. The van der Waals surface area contributed by atoms with Gasteiger partial charge in [-0.15, -0.1) is 0 Å². The lowest BCUT2D eigenvalue weighted by Gasteiger charge is -2.29. The van der Waals surface area contributed by atoms with Crippen LogP contribution in [-0.2, 0) is 14.3 Å². The first-order valence-corrected chi connectivity index (χ1v) is 7.49. The second-order valence-electron chi connectivity index (χ2n) is 5.70. The molecule has 0 aromatic carbocycles. The van der Waals surface area contributed by atoms with Crippen LogP contribution in [0.25, 0.3) is 0 Å². The number of carboxylic acid groups (broad SMARTS) is 1. The molecule has 0 aliphatic carbocycles. The normalized spacial score (nSPS) is 24.1. The highest BCUT2D eigenvalue weighted by atomic mass is 16.5. The standard InChI is InChI=1S/C15H27NO4/c1-5-11(6-2)10(3)15(19)16-9-13(20-4)7-12(16)8-14(17)18/h10-13H,5-9H2,1-4H3,(H,17,18). The van der Waals surface area contributed by atoms with Crippen LogP contribution in [0, 0.1) is 11.8 Å². The van der Waals surface area contributed by atoms with Crippen molar-refractivity contribution >= 4 is 11.9 Å². The van der Waals surface area contributed by atoms with E-state index in [2.05, 4.69) is 13.8 Å². The van der Waals surface area contributed by atoms with E-state index in [0.717, 1.165) is 12.8 Å². The third kappa shape index (κ3) is 3.95. The van der Waals surface area contributed by atoms with Gasteiger partial charge in [-0.05, 0) is 12.3 Å². The summed E-state index contributed by atoms with van der Waals surface area (Å²) in [6.07, 6.45) is 2.51. The predicted octanol–water partition coefficient (Wildman–Crippen LogP) is 2.15. The Hall–Kier alpha value is -1.10. The van der Waals surface area contributed by atoms with Gasteiger partial charge in [0.15, 0.2) is 0 Å². The van der Waals surface area contributed by atoms with E-state index in [4.69, 9.17) is 9.84 Å². The summed E-state index contributed by atoms with van der Waals surface area (Å²) >= 11 is 0. The van der Waals surface area contributed by atoms with Crippen LogP contribution >= 0.6 is 0 Å². The van der Waals surface area contributed by atoms with Gasteiger partial charge in [0.1, 0.15) is 0 Å². The van der Waals surface area contributed by atoms with Gasteiger partial charge in [0.2, 0.25) is 5.91 Å². The Morgan fingerprint density at radius 3 is 2.40 bits per heavy atom. The van der Waals surface area contributed by atoms with Crippen LogP contribution in [-0.4, -0.2) is 47.7 Å². The molecule has 1 aliphatic rings. The quantitative estimate of drug-likeness (QED) is 0.778. The first-order valence-electron chi connectivity index (χ1n) is 7.49. The van der Waals surface area contributed by atoms with E-state index in [9.17, 15) is 9.59 Å². The zero-order valence-corrected chi connectivity index (χ0v) is 13.0. The van der Waals surface area contributed by atoms with Crippen molar-refractivity contribution in [1.29, 1.82) is 0 Å². The Morgan fingerprint density at radius 1 is 1.35 bits per heavy atom. The lowest BCUT2D eigenvalue weighted by molar-refractivity contribution is -0.142. The minimum Gasteiger partial charge on any atom is -0.481 e. The largest absolute Gasteiger partial charge is 0.481 e. The first-order chi connectivity index (χ1) is 9.44. The van der Waals surface area contributed by atoms with Gasteiger partial charge in [-0.3, -0.25) is 9.59 Å². The smallest absolute Gasteiger partial charge is 0.305 e. The number of carboxylic acids is 1. The molecule has 0 aromatic heterocycles. The maximum absolute atomic E-state index is 12.6. The fourth-order valence-corrected chi connectivity index (χ4v) is 3.17. The van der Waals surface area contributed by atoms with Crippen LogP contribution in [0.2, 0.25) is 0 Å². The van der Waals surface area contributed by atoms with Crippen LogP contribution < -0.4 is 0 Å². The lowest BCUT2D eigenvalue weighted by atomic mass is 9.88. The van der Waals surface area contributed by atoms with Crippen molar-refractivity contribution < 1.29 is 19.4 Å². The molecule has 0 spiro atoms. The maximum atomic E-state index is 12.6. The molecule has 3 unspecified atom stereocenters. The summed E-state index contributed by atoms with van der Waals surface area (Å²) in [5.74, 6) is -0.490. The zero-order valence-electron chi connectivity index (χ0n) is 13.0. The number of ether oxygens (including phenoxy) is 1. The van der Waals surface area contributed by atoms with Crippen LogP contribution in [0.4, 0.5) is 0 Å². The third-order valence-electron chi connectivity index (χ3n) is 4.55. The predicted molar refractivity (Wildman–Crippen MR) is 76.4 cm³/mol. The van der Waals surface area contributed by atoms with Gasteiger partial charge >= 0.3 is 5.97 Å². The Kier molecular flexibility index (Phi) is 6.46. The fraction of sp³-hybridized carbons (Fsp3) is 0.867. The summed E-state index contributed by atoms with van der Waals surface area (Å²) < 4.78 is 5.31. The number of aliphatic carboxylic acids is 1. The SMILES string of the molecule is CCC(CC)C(C)C(=O)N1CC(OC)CC1CC(=O)O. The average Bonchev–Trinajstić information content (AvgIpc) is 2.81. The fourth-order valence-electron chi connectivity index (χ4n) is 3.17. The molecule has 1 aliphatic heterocycles. The van der Waals surface area contributed by atoms with Crippen LogP contribution in [0.3, 0.4) is 0 Å². The van der Waals surface area contributed by atoms with Gasteiger partial charge in [-0.1, -0.05) is 33.6 Å². The molecule has 1 amide bonds. The molecule has 5 heteroatoms. The molecular formula is C15H27NO4. The number of likely N-dealkylation sites (tertiary alicyclic amines) is 1. The average molecular weight is 285 g/mol. The monoisotopic (exact) mass is 285 g/mol. The lowest BCUT2D eigenvalue weighted by Crippen LogP contribution is -2.42. The summed E-state index contributed by atoms with van der Waals surface area (Å²) in [4.78, 5) is 25.3. The van der Waals surface area contributed by atoms with Crippen LogP contribution in [0.5, 0.6) is 0 Å². The van der Waals surface area contributed by atoms with Crippen molar-refractivity contribution in [2.75, 3.05) is 13.7 Å². The molecule has 20 heavy (non-hydrogen) atoms. The second-order valence-corrected chi connectivity index (χ2v) is 5.70. The Balaban J connectivity index is 2.79. The molecule has 0 bridgehead atoms. The van der Waals surface area contributed by atoms with Crippen molar-refractivity contribution in [3.05, 3.63) is 0 Å². The molecular weight excluding hydrogens is 258 g/mol. The highest BCUT2D eigenvalue weighted by molar-refractivity contribution is 5.80. The number of carbonyl (C=O) groups is 2. The van der Waals surface area contributed by atoms with Gasteiger partial charge in [0, 0.05) is 25.6 Å². The zero-order chi connectivity index (χ0) is 15.3. The van der Waals surface area contributed by atoms with E-state index in [1.807, 2.05) is 6.92 Å². The maximum Gasteiger partial charge on any atom is 0.305 e. The molecule has 1 saturated heterocycles. The van der Waals surface area contributed by atoms with Crippen molar-refractivity contribution in [2.24, 2.45) is 11.8 Å².